The number of ether oxygens (including phenoxy) is 1. The van der Waals surface area contributed by atoms with E-state index >= 15 is 0 Å². The topological polar surface area (TPSA) is 78.4 Å². The van der Waals surface area contributed by atoms with Gasteiger partial charge in [-0.25, -0.2) is 8.78 Å². The number of amides is 1. The smallest absolute Gasteiger partial charge is 0.254 e. The van der Waals surface area contributed by atoms with Crippen LogP contribution in [0.5, 0.6) is 5.75 Å². The zero-order valence-corrected chi connectivity index (χ0v) is 13.4. The maximum Gasteiger partial charge on any atom is 0.254 e. The van der Waals surface area contributed by atoms with Gasteiger partial charge in [-0.05, 0) is 24.3 Å². The molecule has 0 bridgehead atoms. The van der Waals surface area contributed by atoms with Crippen LogP contribution in [0, 0.1) is 11.6 Å². The number of rotatable bonds is 5. The number of halogens is 3. The van der Waals surface area contributed by atoms with E-state index in [4.69, 9.17) is 26.6 Å². The van der Waals surface area contributed by atoms with E-state index in [1.807, 2.05) is 0 Å². The monoisotopic (exact) mass is 364 g/mol. The van der Waals surface area contributed by atoms with Gasteiger partial charge < -0.3 is 15.0 Å². The van der Waals surface area contributed by atoms with Gasteiger partial charge in [-0.15, -0.1) is 0 Å². The summed E-state index contributed by atoms with van der Waals surface area (Å²) in [6.45, 7) is -0.172. The van der Waals surface area contributed by atoms with Crippen molar-refractivity contribution in [2.75, 3.05) is 0 Å². The van der Waals surface area contributed by atoms with E-state index in [2.05, 4.69) is 5.16 Å². The average molecular weight is 365 g/mol. The van der Waals surface area contributed by atoms with Gasteiger partial charge in [-0.3, -0.25) is 4.79 Å². The quantitative estimate of drug-likeness (QED) is 0.743. The summed E-state index contributed by atoms with van der Waals surface area (Å²) in [5.41, 5.74) is 5.37. The van der Waals surface area contributed by atoms with Gasteiger partial charge in [0.15, 0.2) is 17.3 Å². The Labute approximate surface area is 145 Å². The summed E-state index contributed by atoms with van der Waals surface area (Å²) < 4.78 is 37.9. The predicted octanol–water partition coefficient (Wildman–Crippen LogP) is 3.95. The highest BCUT2D eigenvalue weighted by Gasteiger charge is 2.19. The molecule has 3 rings (SSSR count). The van der Waals surface area contributed by atoms with Crippen LogP contribution < -0.4 is 10.5 Å². The second-order valence-corrected chi connectivity index (χ2v) is 5.51. The van der Waals surface area contributed by atoms with Crippen LogP contribution in [0.15, 0.2) is 47.0 Å². The number of benzene rings is 2. The summed E-state index contributed by atoms with van der Waals surface area (Å²) in [6, 6.07) is 10.6. The lowest BCUT2D eigenvalue weighted by atomic mass is 10.1. The molecule has 0 aliphatic rings. The summed E-state index contributed by atoms with van der Waals surface area (Å²) in [7, 11) is 0. The van der Waals surface area contributed by atoms with Crippen molar-refractivity contribution < 1.29 is 22.8 Å². The van der Waals surface area contributed by atoms with Gasteiger partial charge in [-0.2, -0.15) is 0 Å². The Morgan fingerprint density at radius 1 is 1.24 bits per heavy atom. The Balaban J connectivity index is 1.77. The predicted molar refractivity (Wildman–Crippen MR) is 86.2 cm³/mol. The molecule has 8 heteroatoms. The van der Waals surface area contributed by atoms with E-state index in [0.717, 1.165) is 17.7 Å². The van der Waals surface area contributed by atoms with Gasteiger partial charge in [0, 0.05) is 16.7 Å². The van der Waals surface area contributed by atoms with Crippen LogP contribution in [0.3, 0.4) is 0 Å². The molecule has 2 aromatic carbocycles. The number of hydrogen-bond acceptors (Lipinski definition) is 4. The standard InChI is InChI=1S/C17H11ClF2N2O3/c18-10-3-1-2-9(6-10)13-7-11(25-22-13)8-24-14-5-4-12(19)15(16(14)20)17(21)23/h1-7H,8H2,(H2,21,23). The van der Waals surface area contributed by atoms with Crippen LogP contribution in [-0.4, -0.2) is 11.1 Å². The van der Waals surface area contributed by atoms with E-state index in [0.29, 0.717) is 16.5 Å². The average Bonchev–Trinajstić information content (AvgIpc) is 3.03. The second kappa shape index (κ2) is 6.90. The van der Waals surface area contributed by atoms with Crippen molar-refractivity contribution in [3.8, 4) is 17.0 Å². The summed E-state index contributed by atoms with van der Waals surface area (Å²) in [6.07, 6.45) is 0. The van der Waals surface area contributed by atoms with Crippen LogP contribution in [0.1, 0.15) is 16.1 Å². The Morgan fingerprint density at radius 3 is 2.76 bits per heavy atom. The molecule has 2 N–H and O–H groups in total. The fraction of sp³-hybridized carbons (Fsp3) is 0.0588. The minimum Gasteiger partial charge on any atom is -0.482 e. The SMILES string of the molecule is NC(=O)c1c(F)ccc(OCc2cc(-c3cccc(Cl)c3)no2)c1F. The Kier molecular flexibility index (Phi) is 4.67. The molecular formula is C17H11ClF2N2O3. The Hall–Kier alpha value is -2.93. The number of carbonyl (C=O) groups excluding carboxylic acids is 1. The van der Waals surface area contributed by atoms with Crippen molar-refractivity contribution in [1.29, 1.82) is 0 Å². The fourth-order valence-electron chi connectivity index (χ4n) is 2.18. The first-order valence-electron chi connectivity index (χ1n) is 7.08. The zero-order valence-electron chi connectivity index (χ0n) is 12.6. The van der Waals surface area contributed by atoms with Crippen LogP contribution in [0.4, 0.5) is 8.78 Å². The van der Waals surface area contributed by atoms with Crippen LogP contribution in [0.25, 0.3) is 11.3 Å². The Bertz CT molecular complexity index is 943. The van der Waals surface area contributed by atoms with Gasteiger partial charge in [0.25, 0.3) is 5.91 Å². The summed E-state index contributed by atoms with van der Waals surface area (Å²) in [5.74, 6) is -3.46. The van der Waals surface area contributed by atoms with E-state index < -0.39 is 23.1 Å². The summed E-state index contributed by atoms with van der Waals surface area (Å²) >= 11 is 5.92. The number of hydrogen-bond donors (Lipinski definition) is 1. The number of primary amides is 1. The van der Waals surface area contributed by atoms with Crippen molar-refractivity contribution >= 4 is 17.5 Å². The molecule has 1 aromatic heterocycles. The highest BCUT2D eigenvalue weighted by molar-refractivity contribution is 6.30. The van der Waals surface area contributed by atoms with E-state index in [1.165, 1.54) is 0 Å². The molecule has 128 valence electrons. The van der Waals surface area contributed by atoms with Crippen molar-refractivity contribution in [2.45, 2.75) is 6.61 Å². The molecule has 0 saturated heterocycles. The van der Waals surface area contributed by atoms with Crippen molar-refractivity contribution in [3.63, 3.8) is 0 Å². The minimum absolute atomic E-state index is 0.172. The third-order valence-electron chi connectivity index (χ3n) is 3.35. The zero-order chi connectivity index (χ0) is 18.0. The lowest BCUT2D eigenvalue weighted by Crippen LogP contribution is -2.16. The van der Waals surface area contributed by atoms with Crippen LogP contribution in [-0.2, 0) is 6.61 Å². The molecule has 25 heavy (non-hydrogen) atoms. The first-order chi connectivity index (χ1) is 12.0. The molecule has 3 aromatic rings. The third kappa shape index (κ3) is 3.61. The highest BCUT2D eigenvalue weighted by Crippen LogP contribution is 2.26. The van der Waals surface area contributed by atoms with Crippen LogP contribution >= 0.6 is 11.6 Å². The Morgan fingerprint density at radius 2 is 2.04 bits per heavy atom. The second-order valence-electron chi connectivity index (χ2n) is 5.08. The molecule has 0 atom stereocenters. The van der Waals surface area contributed by atoms with Gasteiger partial charge in [0.2, 0.25) is 0 Å². The fourth-order valence-corrected chi connectivity index (χ4v) is 2.37. The number of aromatic nitrogens is 1. The normalized spacial score (nSPS) is 10.7. The molecule has 0 aliphatic carbocycles. The molecule has 0 saturated carbocycles. The molecule has 0 fully saturated rings. The van der Waals surface area contributed by atoms with Crippen molar-refractivity contribution in [3.05, 3.63) is 70.4 Å². The molecule has 0 radical (unpaired) electrons. The van der Waals surface area contributed by atoms with Crippen LogP contribution in [0.2, 0.25) is 5.02 Å². The van der Waals surface area contributed by atoms with E-state index in [-0.39, 0.29) is 12.4 Å². The first-order valence-corrected chi connectivity index (χ1v) is 7.45. The summed E-state index contributed by atoms with van der Waals surface area (Å²) in [4.78, 5) is 11.1. The number of carbonyl (C=O) groups is 1. The maximum absolute atomic E-state index is 14.1. The number of nitrogens with zero attached hydrogens (tertiary/aromatic N) is 1. The molecular weight excluding hydrogens is 354 g/mol. The molecule has 0 unspecified atom stereocenters. The number of nitrogens with two attached hydrogens (primary N) is 1. The lowest BCUT2D eigenvalue weighted by molar-refractivity contribution is 0.0991. The molecule has 1 amide bonds. The lowest BCUT2D eigenvalue weighted by Gasteiger charge is -2.08. The molecule has 1 heterocycles. The molecule has 0 aliphatic heterocycles. The van der Waals surface area contributed by atoms with Crippen molar-refractivity contribution in [1.82, 2.24) is 5.16 Å². The molecule has 5 nitrogen and oxygen atoms in total. The first kappa shape index (κ1) is 16.9. The van der Waals surface area contributed by atoms with E-state index in [1.54, 1.807) is 30.3 Å². The van der Waals surface area contributed by atoms with Gasteiger partial charge in [0.05, 0.1) is 0 Å². The highest BCUT2D eigenvalue weighted by atomic mass is 35.5. The van der Waals surface area contributed by atoms with Crippen molar-refractivity contribution in [2.24, 2.45) is 5.73 Å². The maximum atomic E-state index is 14.1. The van der Waals surface area contributed by atoms with Gasteiger partial charge in [-0.1, -0.05) is 28.9 Å². The van der Waals surface area contributed by atoms with Gasteiger partial charge >= 0.3 is 0 Å². The largest absolute Gasteiger partial charge is 0.482 e. The summed E-state index contributed by atoms with van der Waals surface area (Å²) in [5, 5.41) is 4.43. The van der Waals surface area contributed by atoms with Gasteiger partial charge in [0.1, 0.15) is 23.7 Å². The minimum atomic E-state index is -1.22. The molecule has 0 spiro atoms. The van der Waals surface area contributed by atoms with E-state index in [9.17, 15) is 13.6 Å². The third-order valence-corrected chi connectivity index (χ3v) is 3.59.